The van der Waals surface area contributed by atoms with Crippen molar-refractivity contribution in [3.05, 3.63) is 0 Å². The molecule has 0 rings (SSSR count). The molecule has 19 heteroatoms. The molecule has 0 aromatic carbocycles. The SMILES string of the molecule is FC(F)(F)C(F)(F)C(F)(F)C(F)(F)C(F)(F)C(F)(F)C(F)(F)CC[Si](Cl)(Cl)Cl. The minimum atomic E-state index is -8.30. The van der Waals surface area contributed by atoms with Gasteiger partial charge in [-0.3, -0.25) is 0 Å². The van der Waals surface area contributed by atoms with E-state index in [4.69, 9.17) is 33.2 Å². The Morgan fingerprint density at radius 2 is 0.750 bits per heavy atom. The molecule has 0 amide bonds. The van der Waals surface area contributed by atoms with E-state index < -0.39 is 60.2 Å². The molecule has 0 saturated carbocycles. The predicted molar refractivity (Wildman–Crippen MR) is 68.5 cm³/mol. The summed E-state index contributed by atoms with van der Waals surface area (Å²) < 4.78 is 193. The van der Waals surface area contributed by atoms with Gasteiger partial charge in [-0.05, 0) is 6.04 Å². The number of hydrogen-bond donors (Lipinski definition) is 0. The van der Waals surface area contributed by atoms with Crippen LogP contribution in [0.5, 0.6) is 0 Å². The van der Waals surface area contributed by atoms with E-state index in [1.165, 1.54) is 0 Å². The Morgan fingerprint density at radius 1 is 0.464 bits per heavy atom. The van der Waals surface area contributed by atoms with Crippen LogP contribution in [0.1, 0.15) is 6.42 Å². The third-order valence-electron chi connectivity index (χ3n) is 3.12. The number of halogens is 18. The van der Waals surface area contributed by atoms with Gasteiger partial charge in [0.1, 0.15) is 0 Å². The second-order valence-electron chi connectivity index (χ2n) is 5.19. The number of hydrogen-bond acceptors (Lipinski definition) is 0. The van der Waals surface area contributed by atoms with E-state index >= 15 is 0 Å². The predicted octanol–water partition coefficient (Wildman–Crippen LogP) is 7.41. The van der Waals surface area contributed by atoms with Gasteiger partial charge in [0.15, 0.2) is 0 Å². The third kappa shape index (κ3) is 4.38. The van der Waals surface area contributed by atoms with Gasteiger partial charge in [-0.15, -0.1) is 33.2 Å². The Bertz CT molecular complexity index is 564. The molecule has 0 aliphatic rings. The molecule has 0 saturated heterocycles. The maximum absolute atomic E-state index is 13.3. The molecule has 0 nitrogen and oxygen atoms in total. The molecular weight excluding hydrogens is 528 g/mol. The van der Waals surface area contributed by atoms with Crippen LogP contribution in [0.2, 0.25) is 6.04 Å². The standard InChI is InChI=1S/C9H4Cl3F15Si/c10-28(11,12)2-1-3(13,14)4(15,16)5(17,18)6(19,20)7(21,22)8(23,24)9(25,26)27/h1-2H2. The molecular formula is C9H4Cl3F15Si. The molecule has 28 heavy (non-hydrogen) atoms. The molecule has 0 atom stereocenters. The van der Waals surface area contributed by atoms with Gasteiger partial charge >= 0.3 is 47.7 Å². The average molecular weight is 532 g/mol. The largest absolute Gasteiger partial charge is 0.460 e. The van der Waals surface area contributed by atoms with Gasteiger partial charge in [0.05, 0.1) is 0 Å². The lowest BCUT2D eigenvalue weighted by molar-refractivity contribution is -0.452. The normalized spacial score (nSPS) is 16.5. The van der Waals surface area contributed by atoms with Crippen molar-refractivity contribution < 1.29 is 65.9 Å². The van der Waals surface area contributed by atoms with E-state index in [0.29, 0.717) is 0 Å². The maximum Gasteiger partial charge on any atom is 0.460 e. The van der Waals surface area contributed by atoms with Gasteiger partial charge in [0.2, 0.25) is 0 Å². The molecule has 0 fully saturated rings. The topological polar surface area (TPSA) is 0 Å². The second-order valence-corrected chi connectivity index (χ2v) is 14.5. The summed E-state index contributed by atoms with van der Waals surface area (Å²) in [7, 11) is 0. The fraction of sp³-hybridized carbons (Fsp3) is 1.00. The Kier molecular flexibility index (Phi) is 7.33. The summed E-state index contributed by atoms with van der Waals surface area (Å²) in [5, 5.41) is 0. The summed E-state index contributed by atoms with van der Waals surface area (Å²) in [4.78, 5) is 0. The van der Waals surface area contributed by atoms with Crippen LogP contribution in [-0.2, 0) is 0 Å². The van der Waals surface area contributed by atoms with Gasteiger partial charge in [-0.1, -0.05) is 0 Å². The molecule has 0 heterocycles. The van der Waals surface area contributed by atoms with Crippen molar-refractivity contribution in [2.45, 2.75) is 54.2 Å². The number of alkyl halides is 15. The average Bonchev–Trinajstić information content (AvgIpc) is 2.42. The van der Waals surface area contributed by atoms with Crippen LogP contribution in [-0.4, -0.2) is 47.7 Å². The van der Waals surface area contributed by atoms with Crippen LogP contribution in [0.4, 0.5) is 65.9 Å². The molecule has 0 N–H and O–H groups in total. The fourth-order valence-corrected chi connectivity index (χ4v) is 2.90. The van der Waals surface area contributed by atoms with Gasteiger partial charge in [0, 0.05) is 6.42 Å². The first-order valence-corrected chi connectivity index (χ1v) is 11.4. The Morgan fingerprint density at radius 3 is 1.04 bits per heavy atom. The smallest absolute Gasteiger partial charge is 0.200 e. The molecule has 0 aromatic rings. The lowest BCUT2D eigenvalue weighted by Crippen LogP contribution is -2.72. The van der Waals surface area contributed by atoms with Crippen molar-refractivity contribution in [2.24, 2.45) is 0 Å². The Labute approximate surface area is 160 Å². The molecule has 0 aliphatic heterocycles. The third-order valence-corrected chi connectivity index (χ3v) is 5.63. The molecule has 0 spiro atoms. The summed E-state index contributed by atoms with van der Waals surface area (Å²) in [6.45, 7) is 0. The highest BCUT2D eigenvalue weighted by molar-refractivity contribution is 7.64. The van der Waals surface area contributed by atoms with Gasteiger partial charge < -0.3 is 0 Å². The van der Waals surface area contributed by atoms with Crippen LogP contribution >= 0.6 is 33.2 Å². The van der Waals surface area contributed by atoms with Crippen LogP contribution in [0, 0.1) is 0 Å². The Balaban J connectivity index is 6.32. The van der Waals surface area contributed by atoms with E-state index in [2.05, 4.69) is 0 Å². The molecule has 170 valence electrons. The van der Waals surface area contributed by atoms with E-state index in [-0.39, 0.29) is 0 Å². The van der Waals surface area contributed by atoms with Crippen LogP contribution in [0.15, 0.2) is 0 Å². The summed E-state index contributed by atoms with van der Waals surface area (Å²) in [5.74, 6) is -46.6. The molecule has 0 unspecified atom stereocenters. The van der Waals surface area contributed by atoms with Crippen molar-refractivity contribution in [1.82, 2.24) is 0 Å². The number of rotatable bonds is 8. The van der Waals surface area contributed by atoms with Crippen molar-refractivity contribution >= 4 is 39.2 Å². The monoisotopic (exact) mass is 530 g/mol. The van der Waals surface area contributed by atoms with Crippen molar-refractivity contribution in [3.63, 3.8) is 0 Å². The van der Waals surface area contributed by atoms with Gasteiger partial charge in [-0.2, -0.15) is 65.9 Å². The zero-order valence-electron chi connectivity index (χ0n) is 12.2. The summed E-state index contributed by atoms with van der Waals surface area (Å²) in [6, 6.07) is -5.90. The highest BCUT2D eigenvalue weighted by Gasteiger charge is 2.93. The van der Waals surface area contributed by atoms with Crippen LogP contribution in [0.3, 0.4) is 0 Å². The molecule has 0 radical (unpaired) electrons. The maximum atomic E-state index is 13.3. The van der Waals surface area contributed by atoms with Crippen LogP contribution in [0.25, 0.3) is 0 Å². The second kappa shape index (κ2) is 7.32. The van der Waals surface area contributed by atoms with E-state index in [1.54, 1.807) is 0 Å². The molecule has 0 aliphatic carbocycles. The van der Waals surface area contributed by atoms with Gasteiger partial charge in [0.25, 0.3) is 0 Å². The van der Waals surface area contributed by atoms with E-state index in [0.717, 1.165) is 0 Å². The van der Waals surface area contributed by atoms with Crippen molar-refractivity contribution in [2.75, 3.05) is 0 Å². The summed E-state index contributed by atoms with van der Waals surface area (Å²) in [6.07, 6.45) is -10.2. The van der Waals surface area contributed by atoms with Gasteiger partial charge in [-0.25, -0.2) is 0 Å². The lowest BCUT2D eigenvalue weighted by Gasteiger charge is -2.41. The molecule has 0 bridgehead atoms. The van der Waals surface area contributed by atoms with E-state index in [1.807, 2.05) is 0 Å². The fourth-order valence-electron chi connectivity index (χ4n) is 1.45. The first-order valence-electron chi connectivity index (χ1n) is 6.11. The first kappa shape index (κ1) is 28.0. The lowest BCUT2D eigenvalue weighted by atomic mass is 9.90. The van der Waals surface area contributed by atoms with Crippen molar-refractivity contribution in [1.29, 1.82) is 0 Å². The van der Waals surface area contributed by atoms with E-state index in [9.17, 15) is 65.9 Å². The summed E-state index contributed by atoms with van der Waals surface area (Å²) >= 11 is 15.0. The zero-order chi connectivity index (χ0) is 23.4. The molecule has 0 aromatic heterocycles. The minimum Gasteiger partial charge on any atom is -0.200 e. The Hall–Kier alpha value is 0.0369. The quantitative estimate of drug-likeness (QED) is 0.174. The van der Waals surface area contributed by atoms with Crippen LogP contribution < -0.4 is 0 Å². The highest BCUT2D eigenvalue weighted by atomic mass is 35.8. The minimum absolute atomic E-state index is 1.61. The summed E-state index contributed by atoms with van der Waals surface area (Å²) in [5.41, 5.74) is 0. The first-order chi connectivity index (χ1) is 11.7. The highest BCUT2D eigenvalue weighted by Crippen LogP contribution is 2.62. The zero-order valence-corrected chi connectivity index (χ0v) is 15.5. The van der Waals surface area contributed by atoms with Crippen molar-refractivity contribution in [3.8, 4) is 0 Å².